The second-order valence-corrected chi connectivity index (χ2v) is 5.49. The van der Waals surface area contributed by atoms with Gasteiger partial charge in [0, 0.05) is 16.4 Å². The number of thiazole rings is 1. The highest BCUT2D eigenvalue weighted by molar-refractivity contribution is 7.12. The number of nitrogen functional groups attached to an aromatic ring is 1. The summed E-state index contributed by atoms with van der Waals surface area (Å²) in [5.41, 5.74) is 6.53. The van der Waals surface area contributed by atoms with E-state index in [-0.39, 0.29) is 6.04 Å². The van der Waals surface area contributed by atoms with Crippen LogP contribution in [0, 0.1) is 13.8 Å². The minimum absolute atomic E-state index is 0.179. The average Bonchev–Trinajstić information content (AvgIpc) is 2.73. The van der Waals surface area contributed by atoms with E-state index < -0.39 is 0 Å². The van der Waals surface area contributed by atoms with E-state index in [1.54, 1.807) is 11.3 Å². The van der Waals surface area contributed by atoms with Crippen molar-refractivity contribution in [2.75, 3.05) is 11.1 Å². The van der Waals surface area contributed by atoms with E-state index in [9.17, 15) is 0 Å². The maximum absolute atomic E-state index is 5.47. The van der Waals surface area contributed by atoms with E-state index in [1.807, 2.05) is 13.8 Å². The molecule has 1 atom stereocenters. The lowest BCUT2D eigenvalue weighted by Crippen LogP contribution is -2.06. The van der Waals surface area contributed by atoms with Gasteiger partial charge < -0.3 is 11.1 Å². The Morgan fingerprint density at radius 1 is 1.31 bits per heavy atom. The minimum Gasteiger partial charge on any atom is -0.367 e. The molecule has 0 radical (unpaired) electrons. The highest BCUT2D eigenvalue weighted by Crippen LogP contribution is 2.28. The zero-order valence-corrected chi connectivity index (χ0v) is 10.9. The number of aryl methyl sites for hydroxylation is 2. The first-order valence-corrected chi connectivity index (χ1v) is 6.45. The van der Waals surface area contributed by atoms with Gasteiger partial charge in [-0.05, 0) is 20.8 Å². The molecule has 1 unspecified atom stereocenters. The van der Waals surface area contributed by atoms with Crippen LogP contribution in [0.4, 0.5) is 11.1 Å². The maximum atomic E-state index is 5.47. The van der Waals surface area contributed by atoms with Crippen LogP contribution in [-0.4, -0.2) is 14.3 Å². The smallest absolute Gasteiger partial charge is 0.233 e. The van der Waals surface area contributed by atoms with Crippen molar-refractivity contribution in [2.24, 2.45) is 0 Å². The van der Waals surface area contributed by atoms with Gasteiger partial charge in [0.25, 0.3) is 0 Å². The molecule has 5 nitrogen and oxygen atoms in total. The van der Waals surface area contributed by atoms with Crippen LogP contribution in [0.1, 0.15) is 28.5 Å². The summed E-state index contributed by atoms with van der Waals surface area (Å²) in [5.74, 6) is 0.317. The quantitative estimate of drug-likeness (QED) is 0.880. The molecule has 0 fully saturated rings. The largest absolute Gasteiger partial charge is 0.367 e. The van der Waals surface area contributed by atoms with Gasteiger partial charge in [-0.1, -0.05) is 0 Å². The van der Waals surface area contributed by atoms with E-state index in [1.165, 1.54) is 16.4 Å². The molecule has 2 rings (SSSR count). The summed E-state index contributed by atoms with van der Waals surface area (Å²) in [6.45, 7) is 6.11. The Kier molecular flexibility index (Phi) is 3.06. The fourth-order valence-corrected chi connectivity index (χ4v) is 3.01. The Morgan fingerprint density at radius 3 is 2.56 bits per heavy atom. The van der Waals surface area contributed by atoms with Crippen molar-refractivity contribution in [3.63, 3.8) is 0 Å². The molecular formula is C9H13N5S2. The molecule has 2 aromatic rings. The van der Waals surface area contributed by atoms with E-state index in [2.05, 4.69) is 26.6 Å². The molecule has 0 aliphatic rings. The summed E-state index contributed by atoms with van der Waals surface area (Å²) in [6, 6.07) is 0.179. The van der Waals surface area contributed by atoms with Gasteiger partial charge in [-0.15, -0.1) is 11.3 Å². The Hall–Kier alpha value is -1.21. The summed E-state index contributed by atoms with van der Waals surface area (Å²) in [5, 5.41) is 5.10. The van der Waals surface area contributed by atoms with Gasteiger partial charge >= 0.3 is 0 Å². The topological polar surface area (TPSA) is 76.7 Å². The molecule has 0 amide bonds. The van der Waals surface area contributed by atoms with Crippen LogP contribution >= 0.6 is 22.9 Å². The predicted octanol–water partition coefficient (Wildman–Crippen LogP) is 2.37. The summed E-state index contributed by atoms with van der Waals surface area (Å²) >= 11 is 2.97. The second-order valence-electron chi connectivity index (χ2n) is 3.51. The molecule has 0 bridgehead atoms. The lowest BCUT2D eigenvalue weighted by molar-refractivity contribution is 0.887. The van der Waals surface area contributed by atoms with Gasteiger partial charge in [0.2, 0.25) is 11.1 Å². The zero-order valence-electron chi connectivity index (χ0n) is 9.31. The number of hydrogen-bond acceptors (Lipinski definition) is 7. The SMILES string of the molecule is Cc1nc(C)c(C(C)Nc2nc(N)ns2)s1. The van der Waals surface area contributed by atoms with Crippen molar-refractivity contribution in [2.45, 2.75) is 26.8 Å². The fourth-order valence-electron chi connectivity index (χ4n) is 1.49. The standard InChI is InChI=1S/C9H13N5S2/c1-4-7(15-6(3)11-4)5(2)12-9-13-8(10)14-16-9/h5H,1-3H3,(H3,10,12,13,14). The van der Waals surface area contributed by atoms with Gasteiger partial charge in [-0.25, -0.2) is 4.98 Å². The third-order valence-corrected chi connectivity index (χ3v) is 4.03. The van der Waals surface area contributed by atoms with Gasteiger partial charge in [0.1, 0.15) is 0 Å². The molecule has 2 heterocycles. The molecule has 0 aliphatic carbocycles. The number of nitrogens with one attached hydrogen (secondary N) is 1. The first kappa shape index (κ1) is 11.3. The fraction of sp³-hybridized carbons (Fsp3) is 0.444. The molecule has 2 aromatic heterocycles. The van der Waals surface area contributed by atoms with E-state index in [4.69, 9.17) is 5.73 Å². The molecule has 86 valence electrons. The lowest BCUT2D eigenvalue weighted by Gasteiger charge is -2.10. The first-order valence-electron chi connectivity index (χ1n) is 4.86. The second kappa shape index (κ2) is 4.34. The molecule has 0 spiro atoms. The lowest BCUT2D eigenvalue weighted by atomic mass is 10.2. The third-order valence-electron chi connectivity index (χ3n) is 2.11. The maximum Gasteiger partial charge on any atom is 0.233 e. The molecule has 0 aromatic carbocycles. The minimum atomic E-state index is 0.179. The number of aromatic nitrogens is 3. The van der Waals surface area contributed by atoms with Gasteiger partial charge in [0.05, 0.1) is 16.7 Å². The Labute approximate surface area is 102 Å². The van der Waals surface area contributed by atoms with Gasteiger partial charge in [0.15, 0.2) is 0 Å². The first-order chi connectivity index (χ1) is 7.56. The summed E-state index contributed by atoms with van der Waals surface area (Å²) in [6.07, 6.45) is 0. The van der Waals surface area contributed by atoms with Crippen molar-refractivity contribution in [3.8, 4) is 0 Å². The number of nitrogens with zero attached hydrogens (tertiary/aromatic N) is 3. The molecule has 16 heavy (non-hydrogen) atoms. The van der Waals surface area contributed by atoms with Crippen LogP contribution in [0.5, 0.6) is 0 Å². The molecule has 3 N–H and O–H groups in total. The van der Waals surface area contributed by atoms with Crippen LogP contribution in [-0.2, 0) is 0 Å². The van der Waals surface area contributed by atoms with Crippen LogP contribution in [0.2, 0.25) is 0 Å². The van der Waals surface area contributed by atoms with Crippen molar-refractivity contribution < 1.29 is 0 Å². The van der Waals surface area contributed by atoms with E-state index in [0.29, 0.717) is 5.95 Å². The van der Waals surface area contributed by atoms with Crippen LogP contribution < -0.4 is 11.1 Å². The van der Waals surface area contributed by atoms with Crippen LogP contribution in [0.15, 0.2) is 0 Å². The van der Waals surface area contributed by atoms with Gasteiger partial charge in [-0.3, -0.25) is 0 Å². The van der Waals surface area contributed by atoms with Crippen molar-refractivity contribution in [3.05, 3.63) is 15.6 Å². The highest BCUT2D eigenvalue weighted by Gasteiger charge is 2.14. The third kappa shape index (κ3) is 2.30. The molecule has 0 aliphatic heterocycles. The number of anilines is 2. The van der Waals surface area contributed by atoms with Gasteiger partial charge in [-0.2, -0.15) is 9.36 Å². The monoisotopic (exact) mass is 255 g/mol. The molecule has 7 heteroatoms. The van der Waals surface area contributed by atoms with Crippen molar-refractivity contribution >= 4 is 33.9 Å². The number of rotatable bonds is 3. The summed E-state index contributed by atoms with van der Waals surface area (Å²) < 4.78 is 3.92. The Balaban J connectivity index is 2.14. The van der Waals surface area contributed by atoms with Crippen molar-refractivity contribution in [1.29, 1.82) is 0 Å². The Morgan fingerprint density at radius 2 is 2.06 bits per heavy atom. The normalized spacial score (nSPS) is 12.7. The highest BCUT2D eigenvalue weighted by atomic mass is 32.1. The zero-order chi connectivity index (χ0) is 11.7. The number of hydrogen-bond donors (Lipinski definition) is 2. The van der Waals surface area contributed by atoms with Crippen LogP contribution in [0.3, 0.4) is 0 Å². The summed E-state index contributed by atoms with van der Waals surface area (Å²) in [4.78, 5) is 9.70. The average molecular weight is 255 g/mol. The summed E-state index contributed by atoms with van der Waals surface area (Å²) in [7, 11) is 0. The molecule has 0 saturated heterocycles. The number of nitrogens with two attached hydrogens (primary N) is 1. The van der Waals surface area contributed by atoms with Crippen LogP contribution in [0.25, 0.3) is 0 Å². The molecule has 0 saturated carbocycles. The van der Waals surface area contributed by atoms with E-state index >= 15 is 0 Å². The Bertz CT molecular complexity index is 490. The molecular weight excluding hydrogens is 242 g/mol. The van der Waals surface area contributed by atoms with Crippen molar-refractivity contribution in [1.82, 2.24) is 14.3 Å². The predicted molar refractivity (Wildman–Crippen MR) is 67.9 cm³/mol. The van der Waals surface area contributed by atoms with E-state index in [0.717, 1.165) is 15.8 Å².